The standard InChI is InChI=1S/C15H23ClN2/c1-15(2)12-17-8-10-18(15)9-4-6-13-5-3-7-14(16)11-13/h3,5,7,11,17H,4,6,8-10,12H2,1-2H3. The van der Waals surface area contributed by atoms with E-state index in [0.29, 0.717) is 0 Å². The van der Waals surface area contributed by atoms with E-state index in [4.69, 9.17) is 11.6 Å². The second kappa shape index (κ2) is 6.05. The van der Waals surface area contributed by atoms with Crippen LogP contribution in [0.4, 0.5) is 0 Å². The average molecular weight is 267 g/mol. The van der Waals surface area contributed by atoms with Crippen LogP contribution in [0, 0.1) is 0 Å². The Morgan fingerprint density at radius 1 is 1.39 bits per heavy atom. The molecule has 1 heterocycles. The van der Waals surface area contributed by atoms with E-state index in [9.17, 15) is 0 Å². The normalized spacial score (nSPS) is 19.9. The maximum Gasteiger partial charge on any atom is 0.0408 e. The lowest BCUT2D eigenvalue weighted by Crippen LogP contribution is -2.58. The van der Waals surface area contributed by atoms with Crippen LogP contribution >= 0.6 is 11.6 Å². The van der Waals surface area contributed by atoms with Crippen molar-refractivity contribution in [1.82, 2.24) is 10.2 Å². The highest BCUT2D eigenvalue weighted by atomic mass is 35.5. The molecule has 1 aromatic carbocycles. The van der Waals surface area contributed by atoms with Gasteiger partial charge in [-0.25, -0.2) is 0 Å². The molecular weight excluding hydrogens is 244 g/mol. The number of rotatable bonds is 4. The van der Waals surface area contributed by atoms with Crippen LogP contribution in [0.5, 0.6) is 0 Å². The van der Waals surface area contributed by atoms with E-state index < -0.39 is 0 Å². The Morgan fingerprint density at radius 3 is 2.94 bits per heavy atom. The first-order chi connectivity index (χ1) is 8.58. The van der Waals surface area contributed by atoms with Gasteiger partial charge >= 0.3 is 0 Å². The molecule has 1 saturated heterocycles. The number of piperazine rings is 1. The summed E-state index contributed by atoms with van der Waals surface area (Å²) < 4.78 is 0. The maximum atomic E-state index is 6.00. The Kier molecular flexibility index (Phi) is 4.66. The van der Waals surface area contributed by atoms with Gasteiger partial charge in [-0.05, 0) is 50.9 Å². The molecule has 0 radical (unpaired) electrons. The fourth-order valence-electron chi connectivity index (χ4n) is 2.60. The summed E-state index contributed by atoms with van der Waals surface area (Å²) in [6, 6.07) is 8.20. The van der Waals surface area contributed by atoms with E-state index in [2.05, 4.69) is 36.2 Å². The molecule has 0 spiro atoms. The Morgan fingerprint density at radius 2 is 2.22 bits per heavy atom. The quantitative estimate of drug-likeness (QED) is 0.902. The van der Waals surface area contributed by atoms with Crippen molar-refractivity contribution in [2.24, 2.45) is 0 Å². The van der Waals surface area contributed by atoms with Gasteiger partial charge in [-0.3, -0.25) is 4.90 Å². The molecule has 0 bridgehead atoms. The van der Waals surface area contributed by atoms with E-state index >= 15 is 0 Å². The van der Waals surface area contributed by atoms with Crippen molar-refractivity contribution in [3.63, 3.8) is 0 Å². The van der Waals surface area contributed by atoms with E-state index in [1.165, 1.54) is 18.5 Å². The Labute approximate surface area is 115 Å². The predicted octanol–water partition coefficient (Wildman–Crippen LogP) is 2.96. The Balaban J connectivity index is 1.81. The molecule has 3 heteroatoms. The highest BCUT2D eigenvalue weighted by Crippen LogP contribution is 2.18. The molecule has 1 aliphatic rings. The molecule has 0 aromatic heterocycles. The zero-order valence-electron chi connectivity index (χ0n) is 11.4. The fraction of sp³-hybridized carbons (Fsp3) is 0.600. The number of aryl methyl sites for hydroxylation is 1. The molecule has 1 aliphatic heterocycles. The third kappa shape index (κ3) is 3.71. The molecule has 2 nitrogen and oxygen atoms in total. The van der Waals surface area contributed by atoms with Crippen molar-refractivity contribution < 1.29 is 0 Å². The van der Waals surface area contributed by atoms with Gasteiger partial charge in [-0.1, -0.05) is 23.7 Å². The second-order valence-electron chi connectivity index (χ2n) is 5.71. The summed E-state index contributed by atoms with van der Waals surface area (Å²) in [5.41, 5.74) is 1.63. The van der Waals surface area contributed by atoms with E-state index in [0.717, 1.165) is 31.1 Å². The molecular formula is C15H23ClN2. The zero-order chi connectivity index (χ0) is 13.0. The van der Waals surface area contributed by atoms with Gasteiger partial charge in [0, 0.05) is 30.2 Å². The lowest BCUT2D eigenvalue weighted by atomic mass is 9.99. The zero-order valence-corrected chi connectivity index (χ0v) is 12.1. The summed E-state index contributed by atoms with van der Waals surface area (Å²) in [7, 11) is 0. The minimum absolute atomic E-state index is 0.284. The summed E-state index contributed by atoms with van der Waals surface area (Å²) in [6.07, 6.45) is 2.31. The minimum atomic E-state index is 0.284. The van der Waals surface area contributed by atoms with Gasteiger partial charge in [-0.2, -0.15) is 0 Å². The summed E-state index contributed by atoms with van der Waals surface area (Å²) in [5, 5.41) is 4.30. The van der Waals surface area contributed by atoms with Crippen molar-refractivity contribution in [3.8, 4) is 0 Å². The lowest BCUT2D eigenvalue weighted by Gasteiger charge is -2.43. The average Bonchev–Trinajstić information content (AvgIpc) is 2.31. The minimum Gasteiger partial charge on any atom is -0.314 e. The number of nitrogens with zero attached hydrogens (tertiary/aromatic N) is 1. The summed E-state index contributed by atoms with van der Waals surface area (Å²) in [4.78, 5) is 2.59. The third-order valence-corrected chi connectivity index (χ3v) is 3.99. The highest BCUT2D eigenvalue weighted by Gasteiger charge is 2.28. The van der Waals surface area contributed by atoms with Crippen LogP contribution in [-0.2, 0) is 6.42 Å². The Hall–Kier alpha value is -0.570. The largest absolute Gasteiger partial charge is 0.314 e. The van der Waals surface area contributed by atoms with Crippen LogP contribution < -0.4 is 5.32 Å². The van der Waals surface area contributed by atoms with Gasteiger partial charge in [0.25, 0.3) is 0 Å². The van der Waals surface area contributed by atoms with Gasteiger partial charge in [0.15, 0.2) is 0 Å². The molecule has 1 N–H and O–H groups in total. The summed E-state index contributed by atoms with van der Waals surface area (Å²) in [5.74, 6) is 0. The highest BCUT2D eigenvalue weighted by molar-refractivity contribution is 6.30. The Bertz CT molecular complexity index is 390. The van der Waals surface area contributed by atoms with Gasteiger partial charge in [0.2, 0.25) is 0 Å². The van der Waals surface area contributed by atoms with Crippen LogP contribution in [0.15, 0.2) is 24.3 Å². The topological polar surface area (TPSA) is 15.3 Å². The van der Waals surface area contributed by atoms with Crippen LogP contribution in [0.1, 0.15) is 25.8 Å². The molecule has 100 valence electrons. The van der Waals surface area contributed by atoms with Crippen molar-refractivity contribution in [3.05, 3.63) is 34.9 Å². The first-order valence-corrected chi connectivity index (χ1v) is 7.16. The summed E-state index contributed by atoms with van der Waals surface area (Å²) in [6.45, 7) is 9.16. The van der Waals surface area contributed by atoms with Crippen LogP contribution in [0.3, 0.4) is 0 Å². The number of hydrogen-bond donors (Lipinski definition) is 1. The van der Waals surface area contributed by atoms with Gasteiger partial charge in [0.1, 0.15) is 0 Å². The van der Waals surface area contributed by atoms with Gasteiger partial charge in [-0.15, -0.1) is 0 Å². The SMILES string of the molecule is CC1(C)CNCCN1CCCc1cccc(Cl)c1. The molecule has 0 amide bonds. The molecule has 18 heavy (non-hydrogen) atoms. The molecule has 0 unspecified atom stereocenters. The molecule has 2 rings (SSSR count). The smallest absolute Gasteiger partial charge is 0.0408 e. The van der Waals surface area contributed by atoms with E-state index in [-0.39, 0.29) is 5.54 Å². The number of hydrogen-bond acceptors (Lipinski definition) is 2. The number of benzene rings is 1. The first kappa shape index (κ1) is 13.9. The molecule has 0 atom stereocenters. The third-order valence-electron chi connectivity index (χ3n) is 3.75. The van der Waals surface area contributed by atoms with Crippen LogP contribution in [-0.4, -0.2) is 36.6 Å². The predicted molar refractivity (Wildman–Crippen MR) is 78.3 cm³/mol. The summed E-state index contributed by atoms with van der Waals surface area (Å²) >= 11 is 6.00. The number of nitrogens with one attached hydrogen (secondary N) is 1. The van der Waals surface area contributed by atoms with Crippen molar-refractivity contribution >= 4 is 11.6 Å². The second-order valence-corrected chi connectivity index (χ2v) is 6.15. The van der Waals surface area contributed by atoms with Gasteiger partial charge < -0.3 is 5.32 Å². The molecule has 0 saturated carbocycles. The molecule has 0 aliphatic carbocycles. The maximum absolute atomic E-state index is 6.00. The van der Waals surface area contributed by atoms with E-state index in [1.54, 1.807) is 0 Å². The van der Waals surface area contributed by atoms with Crippen LogP contribution in [0.25, 0.3) is 0 Å². The molecule has 1 fully saturated rings. The van der Waals surface area contributed by atoms with Crippen molar-refractivity contribution in [2.45, 2.75) is 32.2 Å². The fourth-order valence-corrected chi connectivity index (χ4v) is 2.82. The van der Waals surface area contributed by atoms with Gasteiger partial charge in [0.05, 0.1) is 0 Å². The van der Waals surface area contributed by atoms with E-state index in [1.807, 2.05) is 12.1 Å². The monoisotopic (exact) mass is 266 g/mol. The molecule has 1 aromatic rings. The number of halogens is 1. The van der Waals surface area contributed by atoms with Crippen molar-refractivity contribution in [2.75, 3.05) is 26.2 Å². The lowest BCUT2D eigenvalue weighted by molar-refractivity contribution is 0.0895. The first-order valence-electron chi connectivity index (χ1n) is 6.78. The van der Waals surface area contributed by atoms with Crippen molar-refractivity contribution in [1.29, 1.82) is 0 Å². The van der Waals surface area contributed by atoms with Crippen LogP contribution in [0.2, 0.25) is 5.02 Å².